The largest absolute Gasteiger partial charge is 0.396 e. The minimum absolute atomic E-state index is 0.0580. The van der Waals surface area contributed by atoms with E-state index in [1.165, 1.54) is 6.07 Å². The number of benzene rings is 1. The summed E-state index contributed by atoms with van der Waals surface area (Å²) < 4.78 is 26.4. The molecule has 0 aliphatic heterocycles. The summed E-state index contributed by atoms with van der Waals surface area (Å²) in [6, 6.07) is 3.20. The SMILES string of the molecule is CC(N[C@H](C)CCO)c1cc(F)ccc1F. The molecule has 0 aliphatic rings. The van der Waals surface area contributed by atoms with Crippen molar-refractivity contribution in [3.8, 4) is 0 Å². The smallest absolute Gasteiger partial charge is 0.128 e. The zero-order chi connectivity index (χ0) is 12.1. The first kappa shape index (κ1) is 13.1. The fourth-order valence-electron chi connectivity index (χ4n) is 1.64. The van der Waals surface area contributed by atoms with Gasteiger partial charge in [0.1, 0.15) is 11.6 Å². The molecule has 0 heterocycles. The first-order valence-corrected chi connectivity index (χ1v) is 5.36. The van der Waals surface area contributed by atoms with Gasteiger partial charge in [0.15, 0.2) is 0 Å². The van der Waals surface area contributed by atoms with Crippen LogP contribution >= 0.6 is 0 Å². The number of aliphatic hydroxyl groups excluding tert-OH is 1. The van der Waals surface area contributed by atoms with Crippen molar-refractivity contribution in [2.45, 2.75) is 32.4 Å². The third-order valence-electron chi connectivity index (χ3n) is 2.52. The Hall–Kier alpha value is -1.00. The molecule has 0 bridgehead atoms. The third-order valence-corrected chi connectivity index (χ3v) is 2.52. The highest BCUT2D eigenvalue weighted by Gasteiger charge is 2.13. The number of halogens is 2. The first-order valence-electron chi connectivity index (χ1n) is 5.36. The Labute approximate surface area is 94.3 Å². The highest BCUT2D eigenvalue weighted by Crippen LogP contribution is 2.18. The van der Waals surface area contributed by atoms with Crippen LogP contribution in [0.3, 0.4) is 0 Å². The van der Waals surface area contributed by atoms with Gasteiger partial charge in [-0.1, -0.05) is 0 Å². The molecule has 0 saturated heterocycles. The molecule has 0 saturated carbocycles. The molecule has 1 unspecified atom stereocenters. The van der Waals surface area contributed by atoms with E-state index in [1.807, 2.05) is 6.92 Å². The van der Waals surface area contributed by atoms with E-state index in [1.54, 1.807) is 6.92 Å². The normalized spacial score (nSPS) is 14.8. The molecule has 1 aromatic carbocycles. The molecule has 0 fully saturated rings. The highest BCUT2D eigenvalue weighted by atomic mass is 19.1. The van der Waals surface area contributed by atoms with E-state index in [0.29, 0.717) is 12.0 Å². The van der Waals surface area contributed by atoms with Gasteiger partial charge in [-0.25, -0.2) is 8.78 Å². The molecular formula is C12H17F2NO. The second-order valence-corrected chi connectivity index (χ2v) is 3.97. The second kappa shape index (κ2) is 5.92. The summed E-state index contributed by atoms with van der Waals surface area (Å²) in [5.41, 5.74) is 0.310. The van der Waals surface area contributed by atoms with Crippen molar-refractivity contribution in [3.05, 3.63) is 35.4 Å². The summed E-state index contributed by atoms with van der Waals surface area (Å²) in [6.45, 7) is 3.74. The third kappa shape index (κ3) is 3.54. The maximum absolute atomic E-state index is 13.4. The molecule has 2 atom stereocenters. The van der Waals surface area contributed by atoms with E-state index in [2.05, 4.69) is 5.32 Å². The molecular weight excluding hydrogens is 212 g/mol. The van der Waals surface area contributed by atoms with Gasteiger partial charge < -0.3 is 10.4 Å². The second-order valence-electron chi connectivity index (χ2n) is 3.97. The van der Waals surface area contributed by atoms with Crippen LogP contribution in [0.25, 0.3) is 0 Å². The topological polar surface area (TPSA) is 32.3 Å². The van der Waals surface area contributed by atoms with E-state index < -0.39 is 11.6 Å². The summed E-state index contributed by atoms with van der Waals surface area (Å²) in [4.78, 5) is 0. The van der Waals surface area contributed by atoms with Crippen molar-refractivity contribution in [2.75, 3.05) is 6.61 Å². The van der Waals surface area contributed by atoms with Gasteiger partial charge in [-0.05, 0) is 38.5 Å². The van der Waals surface area contributed by atoms with Crippen LogP contribution < -0.4 is 5.32 Å². The van der Waals surface area contributed by atoms with Crippen LogP contribution in [0, 0.1) is 11.6 Å². The Morgan fingerprint density at radius 3 is 2.62 bits per heavy atom. The van der Waals surface area contributed by atoms with Gasteiger partial charge in [0.2, 0.25) is 0 Å². The van der Waals surface area contributed by atoms with Gasteiger partial charge in [-0.3, -0.25) is 0 Å². The summed E-state index contributed by atoms with van der Waals surface area (Å²) in [6.07, 6.45) is 0.585. The number of aliphatic hydroxyl groups is 1. The van der Waals surface area contributed by atoms with Crippen LogP contribution in [0.5, 0.6) is 0 Å². The highest BCUT2D eigenvalue weighted by molar-refractivity contribution is 5.21. The van der Waals surface area contributed by atoms with Gasteiger partial charge >= 0.3 is 0 Å². The standard InChI is InChI=1S/C12H17F2NO/c1-8(5-6-16)15-9(2)11-7-10(13)3-4-12(11)14/h3-4,7-9,15-16H,5-6H2,1-2H3/t8-,9?/m1/s1. The van der Waals surface area contributed by atoms with E-state index >= 15 is 0 Å². The lowest BCUT2D eigenvalue weighted by molar-refractivity contribution is 0.264. The Morgan fingerprint density at radius 2 is 2.00 bits per heavy atom. The number of hydrogen-bond donors (Lipinski definition) is 2. The van der Waals surface area contributed by atoms with Crippen LogP contribution in [-0.4, -0.2) is 17.8 Å². The quantitative estimate of drug-likeness (QED) is 0.812. The Morgan fingerprint density at radius 1 is 1.31 bits per heavy atom. The summed E-state index contributed by atoms with van der Waals surface area (Å²) in [5.74, 6) is -0.863. The minimum atomic E-state index is -0.445. The van der Waals surface area contributed by atoms with E-state index in [0.717, 1.165) is 12.1 Å². The monoisotopic (exact) mass is 229 g/mol. The predicted molar refractivity (Wildman–Crippen MR) is 59.1 cm³/mol. The van der Waals surface area contributed by atoms with Crippen LogP contribution in [0.2, 0.25) is 0 Å². The van der Waals surface area contributed by atoms with Gasteiger partial charge in [0.25, 0.3) is 0 Å². The average molecular weight is 229 g/mol. The minimum Gasteiger partial charge on any atom is -0.396 e. The molecule has 0 spiro atoms. The van der Waals surface area contributed by atoms with Gasteiger partial charge in [-0.15, -0.1) is 0 Å². The van der Waals surface area contributed by atoms with Crippen molar-refractivity contribution in [1.82, 2.24) is 5.32 Å². The van der Waals surface area contributed by atoms with Crippen LogP contribution in [0.15, 0.2) is 18.2 Å². The van der Waals surface area contributed by atoms with Crippen LogP contribution in [0.4, 0.5) is 8.78 Å². The fourth-order valence-corrected chi connectivity index (χ4v) is 1.64. The molecule has 16 heavy (non-hydrogen) atoms. The van der Waals surface area contributed by atoms with Gasteiger partial charge in [-0.2, -0.15) is 0 Å². The number of hydrogen-bond acceptors (Lipinski definition) is 2. The fraction of sp³-hybridized carbons (Fsp3) is 0.500. The summed E-state index contributed by atoms with van der Waals surface area (Å²) in [5, 5.41) is 11.8. The van der Waals surface area contributed by atoms with Crippen molar-refractivity contribution < 1.29 is 13.9 Å². The van der Waals surface area contributed by atoms with E-state index in [4.69, 9.17) is 5.11 Å². The zero-order valence-electron chi connectivity index (χ0n) is 9.50. The lowest BCUT2D eigenvalue weighted by atomic mass is 10.1. The Bertz CT molecular complexity index is 344. The Kier molecular flexibility index (Phi) is 4.83. The van der Waals surface area contributed by atoms with Crippen molar-refractivity contribution >= 4 is 0 Å². The first-order chi connectivity index (χ1) is 7.54. The van der Waals surface area contributed by atoms with Gasteiger partial charge in [0, 0.05) is 24.3 Å². The maximum atomic E-state index is 13.4. The molecule has 4 heteroatoms. The van der Waals surface area contributed by atoms with Crippen LogP contribution in [0.1, 0.15) is 31.9 Å². The van der Waals surface area contributed by atoms with Crippen molar-refractivity contribution in [2.24, 2.45) is 0 Å². The molecule has 1 rings (SSSR count). The van der Waals surface area contributed by atoms with Crippen molar-refractivity contribution in [1.29, 1.82) is 0 Å². The molecule has 1 aromatic rings. The van der Waals surface area contributed by atoms with Gasteiger partial charge in [0.05, 0.1) is 0 Å². The lowest BCUT2D eigenvalue weighted by Crippen LogP contribution is -2.30. The molecule has 2 nitrogen and oxygen atoms in total. The number of rotatable bonds is 5. The number of nitrogens with one attached hydrogen (secondary N) is 1. The summed E-state index contributed by atoms with van der Waals surface area (Å²) in [7, 11) is 0. The van der Waals surface area contributed by atoms with Crippen molar-refractivity contribution in [3.63, 3.8) is 0 Å². The molecule has 0 aliphatic carbocycles. The molecule has 2 N–H and O–H groups in total. The Balaban J connectivity index is 2.72. The van der Waals surface area contributed by atoms with E-state index in [9.17, 15) is 8.78 Å². The average Bonchev–Trinajstić information content (AvgIpc) is 2.21. The predicted octanol–water partition coefficient (Wildman–Crippen LogP) is 2.39. The van der Waals surface area contributed by atoms with Crippen LogP contribution in [-0.2, 0) is 0 Å². The molecule has 0 aromatic heterocycles. The summed E-state index contributed by atoms with van der Waals surface area (Å²) >= 11 is 0. The van der Waals surface area contributed by atoms with E-state index in [-0.39, 0.29) is 18.7 Å². The molecule has 0 amide bonds. The molecule has 90 valence electrons. The lowest BCUT2D eigenvalue weighted by Gasteiger charge is -2.20. The maximum Gasteiger partial charge on any atom is 0.128 e. The molecule has 0 radical (unpaired) electrons. The zero-order valence-corrected chi connectivity index (χ0v) is 9.50.